The highest BCUT2D eigenvalue weighted by Crippen LogP contribution is 2.24. The molecule has 0 aliphatic carbocycles. The largest absolute Gasteiger partial charge is 0.336 e. The summed E-state index contributed by atoms with van der Waals surface area (Å²) < 4.78 is 55.5. The predicted molar refractivity (Wildman–Crippen MR) is 137 cm³/mol. The van der Waals surface area contributed by atoms with Crippen LogP contribution in [0.15, 0.2) is 83.9 Å². The molecule has 3 aromatic carbocycles. The number of nitrogens with zero attached hydrogens (tertiary/aromatic N) is 3. The number of hydrogen-bond acceptors (Lipinski definition) is 5. The Kier molecular flexibility index (Phi) is 6.86. The molecular formula is C27H24F2N4O3S. The Morgan fingerprint density at radius 2 is 1.57 bits per heavy atom. The number of sulfonamides is 1. The molecule has 1 N–H and O–H groups in total. The first-order chi connectivity index (χ1) is 17.8. The second-order valence-electron chi connectivity index (χ2n) is 8.86. The van der Waals surface area contributed by atoms with Gasteiger partial charge in [-0.05, 0) is 54.1 Å². The monoisotopic (exact) mass is 522 g/mol. The molecule has 37 heavy (non-hydrogen) atoms. The van der Waals surface area contributed by atoms with Crippen molar-refractivity contribution in [3.8, 4) is 0 Å². The number of halogens is 2. The van der Waals surface area contributed by atoms with E-state index < -0.39 is 21.7 Å². The average molecular weight is 523 g/mol. The molecule has 2 heterocycles. The maximum absolute atomic E-state index is 13.5. The number of carbonyl (C=O) groups excluding carboxylic acids is 1. The zero-order valence-electron chi connectivity index (χ0n) is 19.8. The van der Waals surface area contributed by atoms with Crippen molar-refractivity contribution in [1.82, 2.24) is 14.8 Å². The molecule has 0 atom stereocenters. The van der Waals surface area contributed by atoms with Crippen molar-refractivity contribution in [3.63, 3.8) is 0 Å². The van der Waals surface area contributed by atoms with Crippen molar-refractivity contribution >= 4 is 32.5 Å². The third-order valence-corrected chi connectivity index (χ3v) is 7.67. The molecule has 7 nitrogen and oxygen atoms in total. The highest BCUT2D eigenvalue weighted by atomic mass is 32.2. The van der Waals surface area contributed by atoms with E-state index in [9.17, 15) is 22.0 Å². The first-order valence-electron chi connectivity index (χ1n) is 11.7. The van der Waals surface area contributed by atoms with Gasteiger partial charge in [-0.1, -0.05) is 18.2 Å². The van der Waals surface area contributed by atoms with Crippen LogP contribution in [0.5, 0.6) is 0 Å². The lowest BCUT2D eigenvalue weighted by atomic mass is 10.1. The van der Waals surface area contributed by atoms with Gasteiger partial charge in [-0.25, -0.2) is 17.2 Å². The summed E-state index contributed by atoms with van der Waals surface area (Å²) in [5, 5.41) is 0.717. The molecule has 5 rings (SSSR count). The third-order valence-electron chi connectivity index (χ3n) is 6.26. The molecule has 1 aromatic heterocycles. The van der Waals surface area contributed by atoms with E-state index in [1.807, 2.05) is 4.90 Å². The van der Waals surface area contributed by atoms with Crippen LogP contribution < -0.4 is 4.72 Å². The smallest absolute Gasteiger partial charge is 0.264 e. The van der Waals surface area contributed by atoms with Crippen LogP contribution in [-0.4, -0.2) is 55.3 Å². The summed E-state index contributed by atoms with van der Waals surface area (Å²) in [7, 11) is -3.89. The van der Waals surface area contributed by atoms with Gasteiger partial charge in [0.15, 0.2) is 0 Å². The lowest BCUT2D eigenvalue weighted by Gasteiger charge is -2.34. The number of para-hydroxylation sites is 1. The zero-order valence-corrected chi connectivity index (χ0v) is 20.6. The normalized spacial score (nSPS) is 14.6. The number of rotatable bonds is 6. The van der Waals surface area contributed by atoms with Crippen LogP contribution in [0.3, 0.4) is 0 Å². The summed E-state index contributed by atoms with van der Waals surface area (Å²) in [5.41, 5.74) is 1.70. The second-order valence-corrected chi connectivity index (χ2v) is 10.5. The van der Waals surface area contributed by atoms with E-state index in [1.54, 1.807) is 59.6 Å². The Balaban J connectivity index is 1.21. The number of anilines is 1. The SMILES string of the molecule is O=C(c1ccc(NS(=O)(=O)c2cccc3cccnc23)cc1)N1CCN(Cc2cc(F)cc(F)c2)CC1. The van der Waals surface area contributed by atoms with Crippen LogP contribution in [-0.2, 0) is 16.6 Å². The van der Waals surface area contributed by atoms with E-state index in [0.29, 0.717) is 55.1 Å². The lowest BCUT2D eigenvalue weighted by molar-refractivity contribution is 0.0628. The summed E-state index contributed by atoms with van der Waals surface area (Å²) >= 11 is 0. The molecular weight excluding hydrogens is 498 g/mol. The topological polar surface area (TPSA) is 82.6 Å². The van der Waals surface area contributed by atoms with Crippen LogP contribution in [0.25, 0.3) is 10.9 Å². The molecule has 0 spiro atoms. The molecule has 1 amide bonds. The van der Waals surface area contributed by atoms with Crippen LogP contribution >= 0.6 is 0 Å². The Labute approximate surface area is 213 Å². The van der Waals surface area contributed by atoms with Gasteiger partial charge in [0.25, 0.3) is 15.9 Å². The summed E-state index contributed by atoms with van der Waals surface area (Å²) in [5.74, 6) is -1.38. The van der Waals surface area contributed by atoms with Crippen LogP contribution in [0.2, 0.25) is 0 Å². The number of benzene rings is 3. The Morgan fingerprint density at radius 1 is 0.892 bits per heavy atom. The quantitative estimate of drug-likeness (QED) is 0.409. The minimum atomic E-state index is -3.89. The molecule has 4 aromatic rings. The van der Waals surface area contributed by atoms with Gasteiger partial charge in [0.2, 0.25) is 0 Å². The first kappa shape index (κ1) is 24.8. The van der Waals surface area contributed by atoms with Crippen molar-refractivity contribution in [1.29, 1.82) is 0 Å². The van der Waals surface area contributed by atoms with E-state index in [2.05, 4.69) is 9.71 Å². The molecule has 1 fully saturated rings. The standard InChI is InChI=1S/C27H24F2N4O3S/c28-22-15-19(16-23(29)17-22)18-32-11-13-33(14-12-32)27(34)21-6-8-24(9-7-21)31-37(35,36)25-5-1-3-20-4-2-10-30-26(20)25/h1-10,15-17,31H,11-14,18H2. The van der Waals surface area contributed by atoms with Crippen molar-refractivity contribution in [2.45, 2.75) is 11.4 Å². The fourth-order valence-corrected chi connectivity index (χ4v) is 5.68. The number of aromatic nitrogens is 1. The highest BCUT2D eigenvalue weighted by Gasteiger charge is 2.23. The van der Waals surface area contributed by atoms with E-state index >= 15 is 0 Å². The number of amides is 1. The fourth-order valence-electron chi connectivity index (χ4n) is 4.44. The third kappa shape index (κ3) is 5.60. The summed E-state index contributed by atoms with van der Waals surface area (Å²) in [6, 6.07) is 18.2. The molecule has 10 heteroatoms. The fraction of sp³-hybridized carbons (Fsp3) is 0.185. The lowest BCUT2D eigenvalue weighted by Crippen LogP contribution is -2.48. The molecule has 1 saturated heterocycles. The van der Waals surface area contributed by atoms with Crippen LogP contribution in [0, 0.1) is 11.6 Å². The predicted octanol–water partition coefficient (Wildman–Crippen LogP) is 4.27. The van der Waals surface area contributed by atoms with Gasteiger partial charge in [-0.3, -0.25) is 19.4 Å². The van der Waals surface area contributed by atoms with Gasteiger partial charge in [0, 0.05) is 61.6 Å². The number of carbonyl (C=O) groups is 1. The van der Waals surface area contributed by atoms with Gasteiger partial charge in [0.05, 0.1) is 5.52 Å². The molecule has 0 saturated carbocycles. The Bertz CT molecular complexity index is 1530. The molecule has 0 unspecified atom stereocenters. The Hall–Kier alpha value is -3.89. The summed E-state index contributed by atoms with van der Waals surface area (Å²) in [6.45, 7) is 2.48. The Morgan fingerprint density at radius 3 is 2.27 bits per heavy atom. The average Bonchev–Trinajstić information content (AvgIpc) is 2.88. The van der Waals surface area contributed by atoms with Crippen molar-refractivity contribution in [3.05, 3.63) is 102 Å². The molecule has 1 aliphatic heterocycles. The minimum absolute atomic E-state index is 0.0737. The summed E-state index contributed by atoms with van der Waals surface area (Å²) in [4.78, 5) is 21.0. The number of hydrogen-bond donors (Lipinski definition) is 1. The van der Waals surface area contributed by atoms with Crippen molar-refractivity contribution in [2.75, 3.05) is 30.9 Å². The zero-order chi connectivity index (χ0) is 26.0. The van der Waals surface area contributed by atoms with Gasteiger partial charge in [0.1, 0.15) is 16.5 Å². The number of nitrogens with one attached hydrogen (secondary N) is 1. The van der Waals surface area contributed by atoms with E-state index in [1.165, 1.54) is 18.2 Å². The highest BCUT2D eigenvalue weighted by molar-refractivity contribution is 7.93. The maximum atomic E-state index is 13.5. The number of piperazine rings is 1. The molecule has 1 aliphatic rings. The van der Waals surface area contributed by atoms with Crippen molar-refractivity contribution < 1.29 is 22.0 Å². The van der Waals surface area contributed by atoms with Crippen LogP contribution in [0.4, 0.5) is 14.5 Å². The van der Waals surface area contributed by atoms with Crippen molar-refractivity contribution in [2.24, 2.45) is 0 Å². The van der Waals surface area contributed by atoms with E-state index in [-0.39, 0.29) is 10.8 Å². The number of fused-ring (bicyclic) bond motifs is 1. The minimum Gasteiger partial charge on any atom is -0.336 e. The van der Waals surface area contributed by atoms with Gasteiger partial charge >= 0.3 is 0 Å². The molecule has 0 radical (unpaired) electrons. The molecule has 190 valence electrons. The number of pyridine rings is 1. The maximum Gasteiger partial charge on any atom is 0.264 e. The second kappa shape index (κ2) is 10.2. The van der Waals surface area contributed by atoms with Crippen LogP contribution in [0.1, 0.15) is 15.9 Å². The first-order valence-corrected chi connectivity index (χ1v) is 13.2. The van der Waals surface area contributed by atoms with Gasteiger partial charge in [-0.15, -0.1) is 0 Å². The summed E-state index contributed by atoms with van der Waals surface area (Å²) in [6.07, 6.45) is 1.54. The molecule has 0 bridgehead atoms. The van der Waals surface area contributed by atoms with E-state index in [0.717, 1.165) is 11.5 Å². The van der Waals surface area contributed by atoms with E-state index in [4.69, 9.17) is 0 Å². The van der Waals surface area contributed by atoms with Gasteiger partial charge < -0.3 is 4.90 Å². The van der Waals surface area contributed by atoms with Gasteiger partial charge in [-0.2, -0.15) is 0 Å².